The van der Waals surface area contributed by atoms with Crippen molar-refractivity contribution in [3.63, 3.8) is 0 Å². The Kier molecular flexibility index (Phi) is 4.29. The number of halogens is 2. The average molecular weight is 317 g/mol. The lowest BCUT2D eigenvalue weighted by Gasteiger charge is -2.06. The SMILES string of the molecule is CCOC(=O)c1sc(N)nc1-c1c(Cl)cccc1Cl. The third-order valence-electron chi connectivity index (χ3n) is 2.30. The smallest absolute Gasteiger partial charge is 0.350 e. The Balaban J connectivity index is 2.60. The van der Waals surface area contributed by atoms with Crippen molar-refractivity contribution in [1.29, 1.82) is 0 Å². The maximum atomic E-state index is 11.9. The molecule has 1 aromatic carbocycles. The third-order valence-corrected chi connectivity index (χ3v) is 3.80. The minimum Gasteiger partial charge on any atom is -0.462 e. The number of benzene rings is 1. The van der Waals surface area contributed by atoms with Gasteiger partial charge in [-0.25, -0.2) is 9.78 Å². The molecule has 0 saturated heterocycles. The number of carbonyl (C=O) groups excluding carboxylic acids is 1. The molecule has 0 aliphatic rings. The number of nitrogens with two attached hydrogens (primary N) is 1. The summed E-state index contributed by atoms with van der Waals surface area (Å²) in [4.78, 5) is 16.3. The summed E-state index contributed by atoms with van der Waals surface area (Å²) in [5.41, 5.74) is 6.51. The molecule has 1 aromatic heterocycles. The second kappa shape index (κ2) is 5.77. The van der Waals surface area contributed by atoms with E-state index in [1.807, 2.05) is 0 Å². The zero-order valence-electron chi connectivity index (χ0n) is 9.94. The Hall–Kier alpha value is -1.30. The molecule has 1 heterocycles. The molecule has 2 aromatic rings. The summed E-state index contributed by atoms with van der Waals surface area (Å²) >= 11 is 13.3. The molecular formula is C12H10Cl2N2O2S. The molecule has 0 aliphatic carbocycles. The van der Waals surface area contributed by atoms with E-state index in [2.05, 4.69) is 4.98 Å². The van der Waals surface area contributed by atoms with Crippen LogP contribution in [-0.4, -0.2) is 17.6 Å². The van der Waals surface area contributed by atoms with Crippen LogP contribution in [0.15, 0.2) is 18.2 Å². The molecule has 0 fully saturated rings. The minimum absolute atomic E-state index is 0.258. The molecule has 0 amide bonds. The van der Waals surface area contributed by atoms with E-state index in [1.165, 1.54) is 0 Å². The molecule has 0 radical (unpaired) electrons. The van der Waals surface area contributed by atoms with Crippen LogP contribution in [0.1, 0.15) is 16.6 Å². The number of esters is 1. The first-order valence-electron chi connectivity index (χ1n) is 5.42. The topological polar surface area (TPSA) is 65.2 Å². The standard InChI is InChI=1S/C12H10Cl2N2O2S/c1-2-18-11(17)10-9(16-12(15)19-10)8-6(13)4-3-5-7(8)14/h3-5H,2H2,1H3,(H2,15,16). The van der Waals surface area contributed by atoms with Gasteiger partial charge in [0.15, 0.2) is 5.13 Å². The summed E-state index contributed by atoms with van der Waals surface area (Å²) in [6.07, 6.45) is 0. The number of hydrogen-bond donors (Lipinski definition) is 1. The predicted molar refractivity (Wildman–Crippen MR) is 77.9 cm³/mol. The van der Waals surface area contributed by atoms with Crippen LogP contribution in [0.5, 0.6) is 0 Å². The van der Waals surface area contributed by atoms with Gasteiger partial charge in [0, 0.05) is 5.56 Å². The van der Waals surface area contributed by atoms with Crippen LogP contribution in [0.2, 0.25) is 10.0 Å². The van der Waals surface area contributed by atoms with Gasteiger partial charge in [-0.15, -0.1) is 0 Å². The largest absolute Gasteiger partial charge is 0.462 e. The van der Waals surface area contributed by atoms with Gasteiger partial charge in [-0.2, -0.15) is 0 Å². The van der Waals surface area contributed by atoms with Crippen LogP contribution in [-0.2, 0) is 4.74 Å². The summed E-state index contributed by atoms with van der Waals surface area (Å²) < 4.78 is 4.97. The molecule has 7 heteroatoms. The van der Waals surface area contributed by atoms with Crippen LogP contribution >= 0.6 is 34.5 Å². The zero-order valence-corrected chi connectivity index (χ0v) is 12.3. The molecule has 0 bridgehead atoms. The Morgan fingerprint density at radius 3 is 2.63 bits per heavy atom. The third kappa shape index (κ3) is 2.83. The molecule has 100 valence electrons. The van der Waals surface area contributed by atoms with E-state index in [0.29, 0.717) is 26.2 Å². The highest BCUT2D eigenvalue weighted by molar-refractivity contribution is 7.17. The number of hydrogen-bond acceptors (Lipinski definition) is 5. The lowest BCUT2D eigenvalue weighted by atomic mass is 10.1. The second-order valence-corrected chi connectivity index (χ2v) is 5.39. The number of ether oxygens (including phenoxy) is 1. The summed E-state index contributed by atoms with van der Waals surface area (Å²) in [7, 11) is 0. The number of anilines is 1. The Bertz CT molecular complexity index is 608. The van der Waals surface area contributed by atoms with Crippen molar-refractivity contribution in [3.05, 3.63) is 33.1 Å². The normalized spacial score (nSPS) is 10.5. The molecule has 0 atom stereocenters. The number of thiazole rings is 1. The van der Waals surface area contributed by atoms with Gasteiger partial charge < -0.3 is 10.5 Å². The fraction of sp³-hybridized carbons (Fsp3) is 0.167. The molecule has 0 saturated carbocycles. The molecule has 19 heavy (non-hydrogen) atoms. The summed E-state index contributed by atoms with van der Waals surface area (Å²) in [5, 5.41) is 1.07. The van der Waals surface area contributed by atoms with E-state index in [-0.39, 0.29) is 11.7 Å². The quantitative estimate of drug-likeness (QED) is 0.873. The van der Waals surface area contributed by atoms with Crippen molar-refractivity contribution in [2.45, 2.75) is 6.92 Å². The monoisotopic (exact) mass is 316 g/mol. The van der Waals surface area contributed by atoms with Gasteiger partial charge in [0.2, 0.25) is 0 Å². The van der Waals surface area contributed by atoms with Gasteiger partial charge in [-0.1, -0.05) is 40.6 Å². The van der Waals surface area contributed by atoms with E-state index in [0.717, 1.165) is 11.3 Å². The van der Waals surface area contributed by atoms with Crippen molar-refractivity contribution in [3.8, 4) is 11.3 Å². The van der Waals surface area contributed by atoms with Crippen molar-refractivity contribution in [1.82, 2.24) is 4.98 Å². The van der Waals surface area contributed by atoms with Crippen LogP contribution in [0.4, 0.5) is 5.13 Å². The van der Waals surface area contributed by atoms with Gasteiger partial charge in [-0.05, 0) is 19.1 Å². The first kappa shape index (κ1) is 14.1. The van der Waals surface area contributed by atoms with Crippen LogP contribution in [0.25, 0.3) is 11.3 Å². The number of nitrogen functional groups attached to an aromatic ring is 1. The maximum Gasteiger partial charge on any atom is 0.350 e. The van der Waals surface area contributed by atoms with E-state index in [4.69, 9.17) is 33.7 Å². The van der Waals surface area contributed by atoms with E-state index in [1.54, 1.807) is 25.1 Å². The van der Waals surface area contributed by atoms with Gasteiger partial charge in [0.1, 0.15) is 10.6 Å². The van der Waals surface area contributed by atoms with E-state index < -0.39 is 5.97 Å². The average Bonchev–Trinajstić information content (AvgIpc) is 2.71. The highest BCUT2D eigenvalue weighted by Gasteiger charge is 2.23. The number of carbonyl (C=O) groups is 1. The van der Waals surface area contributed by atoms with Crippen molar-refractivity contribution in [2.75, 3.05) is 12.3 Å². The van der Waals surface area contributed by atoms with Crippen LogP contribution in [0, 0.1) is 0 Å². The molecule has 2 rings (SSSR count). The predicted octanol–water partition coefficient (Wildman–Crippen LogP) is 3.88. The van der Waals surface area contributed by atoms with Crippen molar-refractivity contribution < 1.29 is 9.53 Å². The summed E-state index contributed by atoms with van der Waals surface area (Å²) in [5.74, 6) is -0.484. The molecule has 0 aliphatic heterocycles. The molecular weight excluding hydrogens is 307 g/mol. The molecule has 4 nitrogen and oxygen atoms in total. The maximum absolute atomic E-state index is 11.9. The first-order chi connectivity index (χ1) is 9.04. The van der Waals surface area contributed by atoms with Crippen LogP contribution < -0.4 is 5.73 Å². The highest BCUT2D eigenvalue weighted by atomic mass is 35.5. The zero-order chi connectivity index (χ0) is 14.0. The number of aromatic nitrogens is 1. The Morgan fingerprint density at radius 1 is 1.42 bits per heavy atom. The molecule has 0 spiro atoms. The highest BCUT2D eigenvalue weighted by Crippen LogP contribution is 2.38. The van der Waals surface area contributed by atoms with E-state index >= 15 is 0 Å². The number of rotatable bonds is 3. The van der Waals surface area contributed by atoms with Crippen molar-refractivity contribution in [2.24, 2.45) is 0 Å². The summed E-state index contributed by atoms with van der Waals surface area (Å²) in [6.45, 7) is 2.00. The first-order valence-corrected chi connectivity index (χ1v) is 6.99. The lowest BCUT2D eigenvalue weighted by Crippen LogP contribution is -2.04. The second-order valence-electron chi connectivity index (χ2n) is 3.55. The Labute approximate surface area is 124 Å². The lowest BCUT2D eigenvalue weighted by molar-refractivity contribution is 0.0532. The van der Waals surface area contributed by atoms with Crippen molar-refractivity contribution >= 4 is 45.6 Å². The Morgan fingerprint density at radius 2 is 2.05 bits per heavy atom. The molecule has 0 unspecified atom stereocenters. The van der Waals surface area contributed by atoms with Gasteiger partial charge in [0.25, 0.3) is 0 Å². The summed E-state index contributed by atoms with van der Waals surface area (Å²) in [6, 6.07) is 5.06. The van der Waals surface area contributed by atoms with Gasteiger partial charge in [-0.3, -0.25) is 0 Å². The van der Waals surface area contributed by atoms with Crippen LogP contribution in [0.3, 0.4) is 0 Å². The van der Waals surface area contributed by atoms with E-state index in [9.17, 15) is 4.79 Å². The van der Waals surface area contributed by atoms with Gasteiger partial charge >= 0.3 is 5.97 Å². The van der Waals surface area contributed by atoms with Gasteiger partial charge in [0.05, 0.1) is 16.7 Å². The fourth-order valence-corrected chi connectivity index (χ4v) is 2.87. The molecule has 2 N–H and O–H groups in total. The minimum atomic E-state index is -0.484. The number of nitrogens with zero attached hydrogens (tertiary/aromatic N) is 1. The fourth-order valence-electron chi connectivity index (χ4n) is 1.57.